The van der Waals surface area contributed by atoms with Gasteiger partial charge in [-0.25, -0.2) is 14.8 Å². The molecule has 0 bridgehead atoms. The number of rotatable bonds is 7. The van der Waals surface area contributed by atoms with Crippen molar-refractivity contribution in [2.24, 2.45) is 4.99 Å². The highest BCUT2D eigenvalue weighted by atomic mass is 16.7. The molecule has 2 amide bonds. The van der Waals surface area contributed by atoms with Crippen LogP contribution in [0.15, 0.2) is 77.4 Å². The van der Waals surface area contributed by atoms with Gasteiger partial charge in [0.15, 0.2) is 5.70 Å². The second-order valence-electron chi connectivity index (χ2n) is 7.56. The van der Waals surface area contributed by atoms with E-state index in [9.17, 15) is 14.4 Å². The molecule has 10 nitrogen and oxygen atoms in total. The first-order valence-electron chi connectivity index (χ1n) is 10.9. The third-order valence-electron chi connectivity index (χ3n) is 5.26. The van der Waals surface area contributed by atoms with Crippen LogP contribution in [0.5, 0.6) is 0 Å². The van der Waals surface area contributed by atoms with Crippen molar-refractivity contribution in [2.45, 2.75) is 0 Å². The zero-order chi connectivity index (χ0) is 23.8. The molecule has 2 heterocycles. The van der Waals surface area contributed by atoms with Gasteiger partial charge in [-0.05, 0) is 24.3 Å². The van der Waals surface area contributed by atoms with E-state index in [-0.39, 0.29) is 11.4 Å². The molecule has 4 rings (SSSR count). The van der Waals surface area contributed by atoms with Crippen molar-refractivity contribution >= 4 is 29.2 Å². The van der Waals surface area contributed by atoms with Crippen LogP contribution in [0.3, 0.4) is 0 Å². The number of hydrazine groups is 1. The minimum Gasteiger partial charge on any atom is -0.379 e. The number of nitrogens with zero attached hydrogens (tertiary/aromatic N) is 3. The fraction of sp³-hybridized carbons (Fsp3) is 0.250. The maximum absolute atomic E-state index is 13.0. The fourth-order valence-electron chi connectivity index (χ4n) is 3.45. The fourth-order valence-corrected chi connectivity index (χ4v) is 3.45. The lowest BCUT2D eigenvalue weighted by atomic mass is 10.2. The summed E-state index contributed by atoms with van der Waals surface area (Å²) in [6.45, 7) is 3.87. The summed E-state index contributed by atoms with van der Waals surface area (Å²) in [6.07, 6.45) is 1.25. The van der Waals surface area contributed by atoms with E-state index < -0.39 is 17.8 Å². The van der Waals surface area contributed by atoms with E-state index in [0.29, 0.717) is 37.6 Å². The van der Waals surface area contributed by atoms with E-state index in [1.54, 1.807) is 54.6 Å². The van der Waals surface area contributed by atoms with Crippen LogP contribution >= 0.6 is 0 Å². The maximum atomic E-state index is 13.0. The number of carbonyl (C=O) groups excluding carboxylic acids is 3. The number of para-hydroxylation sites is 1. The highest BCUT2D eigenvalue weighted by Gasteiger charge is 2.30. The molecule has 34 heavy (non-hydrogen) atoms. The van der Waals surface area contributed by atoms with Crippen molar-refractivity contribution in [1.82, 2.24) is 15.8 Å². The van der Waals surface area contributed by atoms with Crippen molar-refractivity contribution in [3.8, 4) is 0 Å². The number of ether oxygens (including phenoxy) is 1. The summed E-state index contributed by atoms with van der Waals surface area (Å²) in [4.78, 5) is 49.3. The zero-order valence-electron chi connectivity index (χ0n) is 18.5. The van der Waals surface area contributed by atoms with E-state index in [2.05, 4.69) is 20.8 Å². The number of benzene rings is 2. The predicted octanol–water partition coefficient (Wildman–Crippen LogP) is 1.08. The van der Waals surface area contributed by atoms with Crippen molar-refractivity contribution in [3.63, 3.8) is 0 Å². The summed E-state index contributed by atoms with van der Waals surface area (Å²) >= 11 is 0. The number of amides is 2. The summed E-state index contributed by atoms with van der Waals surface area (Å²) in [5.74, 6) is -1.87. The first kappa shape index (κ1) is 23.3. The zero-order valence-corrected chi connectivity index (χ0v) is 18.5. The number of carbonyl (C=O) groups is 3. The summed E-state index contributed by atoms with van der Waals surface area (Å²) in [5, 5.41) is 4.17. The molecule has 0 aliphatic carbocycles. The number of anilines is 1. The molecule has 0 spiro atoms. The molecule has 2 aliphatic heterocycles. The molecule has 0 aromatic heterocycles. The van der Waals surface area contributed by atoms with E-state index in [1.807, 2.05) is 6.07 Å². The molecule has 0 unspecified atom stereocenters. The number of nitrogens with one attached hydrogen (secondary N) is 2. The van der Waals surface area contributed by atoms with Gasteiger partial charge in [0.25, 0.3) is 11.8 Å². The Morgan fingerprint density at radius 1 is 1.03 bits per heavy atom. The van der Waals surface area contributed by atoms with Gasteiger partial charge in [0.1, 0.15) is 5.71 Å². The number of morpholine rings is 1. The lowest BCUT2D eigenvalue weighted by molar-refractivity contribution is -0.140. The van der Waals surface area contributed by atoms with Crippen molar-refractivity contribution in [2.75, 3.05) is 44.4 Å². The van der Waals surface area contributed by atoms with Crippen molar-refractivity contribution in [3.05, 3.63) is 78.0 Å². The average Bonchev–Trinajstić information content (AvgIpc) is 3.25. The molecule has 176 valence electrons. The molecule has 10 heteroatoms. The normalized spacial score (nSPS) is 18.1. The number of hydrogen-bond donors (Lipinski definition) is 2. The van der Waals surface area contributed by atoms with E-state index >= 15 is 0 Å². The van der Waals surface area contributed by atoms with Crippen LogP contribution in [-0.4, -0.2) is 67.8 Å². The SMILES string of the molecule is O=C(NCCN1CCOCC1)C(/C=C1\C(=O)ONN1c1ccccc1)=NC(=O)c1ccccc1. The Morgan fingerprint density at radius 3 is 2.41 bits per heavy atom. The van der Waals surface area contributed by atoms with Crippen molar-refractivity contribution < 1.29 is 24.0 Å². The molecule has 2 aromatic rings. The van der Waals surface area contributed by atoms with Gasteiger partial charge in [-0.2, -0.15) is 0 Å². The topological polar surface area (TPSA) is 113 Å². The third kappa shape index (κ3) is 5.93. The standard InChI is InChI=1S/C24H25N5O5/c30-22(18-7-3-1-4-8-18)26-20(23(31)25-11-12-28-13-15-33-16-14-28)17-21-24(32)34-27-29(21)19-9-5-2-6-10-19/h1-10,17,27H,11-16H2,(H,25,31)/b21-17+,26-20?. The van der Waals surface area contributed by atoms with Gasteiger partial charge in [-0.1, -0.05) is 42.0 Å². The van der Waals surface area contributed by atoms with Crippen LogP contribution in [0.25, 0.3) is 0 Å². The lowest BCUT2D eigenvalue weighted by Gasteiger charge is -2.26. The molecular formula is C24H25N5O5. The monoisotopic (exact) mass is 463 g/mol. The number of hydrogen-bond acceptors (Lipinski definition) is 8. The Hall–Kier alpha value is -3.86. The van der Waals surface area contributed by atoms with Gasteiger partial charge in [-0.15, -0.1) is 0 Å². The van der Waals surface area contributed by atoms with Gasteiger partial charge in [-0.3, -0.25) is 14.5 Å². The van der Waals surface area contributed by atoms with Crippen LogP contribution in [0.2, 0.25) is 0 Å². The van der Waals surface area contributed by atoms with Crippen molar-refractivity contribution in [1.29, 1.82) is 0 Å². The number of aliphatic imine (C=N–C) groups is 1. The highest BCUT2D eigenvalue weighted by molar-refractivity contribution is 6.45. The highest BCUT2D eigenvalue weighted by Crippen LogP contribution is 2.21. The minimum atomic E-state index is -0.704. The molecule has 2 saturated heterocycles. The molecule has 2 aliphatic rings. The van der Waals surface area contributed by atoms with E-state index in [1.165, 1.54) is 11.1 Å². The molecule has 2 fully saturated rings. The van der Waals surface area contributed by atoms with E-state index in [4.69, 9.17) is 9.57 Å². The summed E-state index contributed by atoms with van der Waals surface area (Å²) in [7, 11) is 0. The Morgan fingerprint density at radius 2 is 1.71 bits per heavy atom. The second kappa shape index (κ2) is 11.3. The van der Waals surface area contributed by atoms with Crippen LogP contribution in [0.1, 0.15) is 10.4 Å². The van der Waals surface area contributed by atoms with E-state index in [0.717, 1.165) is 13.1 Å². The van der Waals surface area contributed by atoms with Gasteiger partial charge in [0, 0.05) is 37.8 Å². The van der Waals surface area contributed by atoms with Crippen LogP contribution in [-0.2, 0) is 19.2 Å². The first-order chi connectivity index (χ1) is 16.6. The minimum absolute atomic E-state index is 0.0224. The summed E-state index contributed by atoms with van der Waals surface area (Å²) < 4.78 is 5.33. The Labute approximate surface area is 196 Å². The van der Waals surface area contributed by atoms with Crippen LogP contribution in [0, 0.1) is 0 Å². The maximum Gasteiger partial charge on any atom is 0.376 e. The van der Waals surface area contributed by atoms with Crippen LogP contribution < -0.4 is 15.9 Å². The second-order valence-corrected chi connectivity index (χ2v) is 7.56. The smallest absolute Gasteiger partial charge is 0.376 e. The molecule has 0 atom stereocenters. The quantitative estimate of drug-likeness (QED) is 0.464. The Balaban J connectivity index is 1.57. The Bertz CT molecular complexity index is 1080. The van der Waals surface area contributed by atoms with Gasteiger partial charge in [0.05, 0.1) is 18.9 Å². The molecule has 0 radical (unpaired) electrons. The molecule has 2 aromatic carbocycles. The summed E-state index contributed by atoms with van der Waals surface area (Å²) in [6, 6.07) is 17.3. The molecule has 0 saturated carbocycles. The molecular weight excluding hydrogens is 438 g/mol. The van der Waals surface area contributed by atoms with Crippen LogP contribution in [0.4, 0.5) is 5.69 Å². The van der Waals surface area contributed by atoms with Gasteiger partial charge >= 0.3 is 5.97 Å². The average molecular weight is 463 g/mol. The first-order valence-corrected chi connectivity index (χ1v) is 10.9. The largest absolute Gasteiger partial charge is 0.379 e. The summed E-state index contributed by atoms with van der Waals surface area (Å²) in [5.41, 5.74) is 3.27. The molecule has 2 N–H and O–H groups in total. The lowest BCUT2D eigenvalue weighted by Crippen LogP contribution is -2.42. The predicted molar refractivity (Wildman–Crippen MR) is 125 cm³/mol. The van der Waals surface area contributed by atoms with Gasteiger partial charge < -0.3 is 14.9 Å². The third-order valence-corrected chi connectivity index (χ3v) is 5.26. The Kier molecular flexibility index (Phi) is 7.76. The van der Waals surface area contributed by atoms with Gasteiger partial charge in [0.2, 0.25) is 0 Å².